The van der Waals surface area contributed by atoms with Crippen LogP contribution in [0, 0.1) is 18.8 Å². The standard InChI is InChI=1S/C31H31N5O3/c1-22-15-17-32-23(20-22)12-14-28-25-13-11-24(21-29(25)36(35-28)30-10-4-7-19-39-30)34-27-9-3-2-8-26(27)31(38)33-16-5-6-18-37/h2-3,8-9,11-15,17,20-21,30,34,37H,4,7,10,16,18-19H2,1H3,(H,33,38). The Balaban J connectivity index is 1.47. The van der Waals surface area contributed by atoms with E-state index in [-0.39, 0.29) is 25.3 Å². The summed E-state index contributed by atoms with van der Waals surface area (Å²) in [5, 5.41) is 20.9. The molecule has 3 N–H and O–H groups in total. The van der Waals surface area contributed by atoms with Crippen molar-refractivity contribution in [2.45, 2.75) is 32.4 Å². The molecule has 0 spiro atoms. The Morgan fingerprint density at radius 2 is 2.05 bits per heavy atom. The molecule has 3 heterocycles. The van der Waals surface area contributed by atoms with Crippen LogP contribution in [-0.4, -0.2) is 45.5 Å². The number of pyridine rings is 1. The number of fused-ring (bicyclic) bond motifs is 1. The molecule has 0 saturated carbocycles. The first kappa shape index (κ1) is 26.2. The molecule has 198 valence electrons. The number of carbonyl (C=O) groups is 1. The fourth-order valence-electron chi connectivity index (χ4n) is 4.60. The van der Waals surface area contributed by atoms with Gasteiger partial charge in [-0.25, -0.2) is 4.68 Å². The van der Waals surface area contributed by atoms with Crippen LogP contribution in [0.25, 0.3) is 23.1 Å². The Hall–Kier alpha value is -4.45. The summed E-state index contributed by atoms with van der Waals surface area (Å²) in [6, 6.07) is 17.4. The van der Waals surface area contributed by atoms with Gasteiger partial charge in [-0.15, -0.1) is 0 Å². The van der Waals surface area contributed by atoms with E-state index < -0.39 is 0 Å². The van der Waals surface area contributed by atoms with Gasteiger partial charge < -0.3 is 20.5 Å². The van der Waals surface area contributed by atoms with Gasteiger partial charge in [0.1, 0.15) is 6.61 Å². The van der Waals surface area contributed by atoms with Gasteiger partial charge in [-0.2, -0.15) is 5.10 Å². The van der Waals surface area contributed by atoms with E-state index in [0.29, 0.717) is 17.9 Å². The quantitative estimate of drug-likeness (QED) is 0.293. The lowest BCUT2D eigenvalue weighted by Gasteiger charge is -2.23. The van der Waals surface area contributed by atoms with Crippen molar-refractivity contribution in [3.63, 3.8) is 0 Å². The number of rotatable bonds is 7. The molecule has 1 aliphatic heterocycles. The molecule has 1 fully saturated rings. The van der Waals surface area contributed by atoms with Crippen LogP contribution >= 0.6 is 0 Å². The Bertz CT molecular complexity index is 1560. The largest absolute Gasteiger partial charge is 0.384 e. The van der Waals surface area contributed by atoms with Crippen LogP contribution in [0.1, 0.15) is 52.8 Å². The molecular formula is C31H31N5O3. The molecule has 1 amide bonds. The number of anilines is 2. The average Bonchev–Trinajstić information content (AvgIpc) is 3.33. The number of nitrogens with zero attached hydrogens (tertiary/aromatic N) is 3. The number of aliphatic hydroxyl groups excluding tert-OH is 1. The van der Waals surface area contributed by atoms with E-state index >= 15 is 0 Å². The van der Waals surface area contributed by atoms with Crippen molar-refractivity contribution in [2.24, 2.45) is 0 Å². The molecule has 1 unspecified atom stereocenters. The van der Waals surface area contributed by atoms with Crippen molar-refractivity contribution < 1.29 is 14.6 Å². The lowest BCUT2D eigenvalue weighted by atomic mass is 10.1. The highest BCUT2D eigenvalue weighted by Gasteiger charge is 2.21. The van der Waals surface area contributed by atoms with Crippen LogP contribution in [0.3, 0.4) is 0 Å². The third-order valence-corrected chi connectivity index (χ3v) is 6.51. The van der Waals surface area contributed by atoms with Crippen LogP contribution < -0.4 is 10.6 Å². The Labute approximate surface area is 227 Å². The van der Waals surface area contributed by atoms with Gasteiger partial charge in [0.25, 0.3) is 5.91 Å². The van der Waals surface area contributed by atoms with Crippen LogP contribution in [-0.2, 0) is 4.74 Å². The average molecular weight is 522 g/mol. The minimum Gasteiger partial charge on any atom is -0.384 e. The highest BCUT2D eigenvalue weighted by Crippen LogP contribution is 2.32. The van der Waals surface area contributed by atoms with Crippen LogP contribution in [0.4, 0.5) is 11.4 Å². The second-order valence-corrected chi connectivity index (χ2v) is 9.34. The minimum atomic E-state index is -0.246. The molecule has 4 aromatic rings. The number of hydrogen-bond acceptors (Lipinski definition) is 6. The van der Waals surface area contributed by atoms with E-state index in [0.717, 1.165) is 52.8 Å². The Kier molecular flexibility index (Phi) is 8.32. The van der Waals surface area contributed by atoms with Gasteiger partial charge in [0.05, 0.1) is 34.7 Å². The van der Waals surface area contributed by atoms with E-state index in [9.17, 15) is 4.79 Å². The van der Waals surface area contributed by atoms with Crippen LogP contribution in [0.2, 0.25) is 0 Å². The summed E-state index contributed by atoms with van der Waals surface area (Å²) in [4.78, 5) is 17.2. The molecule has 2 aromatic heterocycles. The number of carbonyl (C=O) groups excluding carboxylic acids is 1. The number of para-hydroxylation sites is 1. The molecule has 8 nitrogen and oxygen atoms in total. The van der Waals surface area contributed by atoms with E-state index in [1.807, 2.05) is 72.3 Å². The normalized spacial score (nSPS) is 15.2. The van der Waals surface area contributed by atoms with E-state index in [1.54, 1.807) is 12.3 Å². The molecule has 0 bridgehead atoms. The molecule has 5 rings (SSSR count). The lowest BCUT2D eigenvalue weighted by molar-refractivity contribution is -0.0367. The second kappa shape index (κ2) is 12.4. The van der Waals surface area contributed by atoms with Gasteiger partial charge in [0.15, 0.2) is 6.23 Å². The van der Waals surface area contributed by atoms with E-state index in [2.05, 4.69) is 27.5 Å². The fourth-order valence-corrected chi connectivity index (χ4v) is 4.60. The van der Waals surface area contributed by atoms with Gasteiger partial charge >= 0.3 is 0 Å². The van der Waals surface area contributed by atoms with E-state index in [1.165, 1.54) is 0 Å². The number of aromatic nitrogens is 3. The third kappa shape index (κ3) is 6.34. The maximum absolute atomic E-state index is 12.8. The van der Waals surface area contributed by atoms with Gasteiger partial charge in [0.2, 0.25) is 0 Å². The predicted octanol–water partition coefficient (Wildman–Crippen LogP) is 5.08. The summed E-state index contributed by atoms with van der Waals surface area (Å²) in [6.07, 6.45) is 8.70. The molecule has 1 aliphatic rings. The topological polar surface area (TPSA) is 101 Å². The monoisotopic (exact) mass is 521 g/mol. The molecule has 0 radical (unpaired) electrons. The van der Waals surface area contributed by atoms with Crippen molar-refractivity contribution in [3.05, 3.63) is 83.3 Å². The molecule has 1 atom stereocenters. The van der Waals surface area contributed by atoms with Crippen molar-refractivity contribution in [1.29, 1.82) is 0 Å². The summed E-state index contributed by atoms with van der Waals surface area (Å²) >= 11 is 0. The second-order valence-electron chi connectivity index (χ2n) is 9.34. The maximum atomic E-state index is 12.8. The lowest BCUT2D eigenvalue weighted by Crippen LogP contribution is -2.24. The zero-order valence-electron chi connectivity index (χ0n) is 21.9. The molecule has 1 saturated heterocycles. The SMILES string of the molecule is Cc1ccnc(C=Cc2nn(C3CCCCO3)c3cc(Nc4ccccc4C(=O)NCC#CCO)ccc23)c1. The van der Waals surface area contributed by atoms with Crippen LogP contribution in [0.15, 0.2) is 60.8 Å². The van der Waals surface area contributed by atoms with Crippen molar-refractivity contribution in [3.8, 4) is 11.8 Å². The molecule has 2 aromatic carbocycles. The molecular weight excluding hydrogens is 490 g/mol. The summed E-state index contributed by atoms with van der Waals surface area (Å²) < 4.78 is 8.07. The first-order chi connectivity index (χ1) is 19.1. The van der Waals surface area contributed by atoms with Gasteiger partial charge in [-0.05, 0) is 86.4 Å². The van der Waals surface area contributed by atoms with Crippen molar-refractivity contribution >= 4 is 40.3 Å². The summed E-state index contributed by atoms with van der Waals surface area (Å²) in [7, 11) is 0. The smallest absolute Gasteiger partial charge is 0.254 e. The molecule has 0 aliphatic carbocycles. The summed E-state index contributed by atoms with van der Waals surface area (Å²) in [5.74, 6) is 4.99. The summed E-state index contributed by atoms with van der Waals surface area (Å²) in [6.45, 7) is 2.69. The van der Waals surface area contributed by atoms with Crippen molar-refractivity contribution in [1.82, 2.24) is 20.1 Å². The number of aryl methyl sites for hydroxylation is 1. The number of nitrogens with one attached hydrogen (secondary N) is 2. The number of ether oxygens (including phenoxy) is 1. The highest BCUT2D eigenvalue weighted by molar-refractivity contribution is 6.01. The number of hydrogen-bond donors (Lipinski definition) is 3. The molecule has 8 heteroatoms. The Morgan fingerprint density at radius 3 is 2.87 bits per heavy atom. The zero-order chi connectivity index (χ0) is 27.0. The Morgan fingerprint density at radius 1 is 1.15 bits per heavy atom. The summed E-state index contributed by atoms with van der Waals surface area (Å²) in [5.41, 5.74) is 5.83. The number of aliphatic hydroxyl groups is 1. The predicted molar refractivity (Wildman–Crippen MR) is 153 cm³/mol. The van der Waals surface area contributed by atoms with Crippen molar-refractivity contribution in [2.75, 3.05) is 25.1 Å². The van der Waals surface area contributed by atoms with Gasteiger partial charge in [-0.3, -0.25) is 9.78 Å². The van der Waals surface area contributed by atoms with Gasteiger partial charge in [0, 0.05) is 23.9 Å². The fraction of sp³-hybridized carbons (Fsp3) is 0.258. The molecule has 39 heavy (non-hydrogen) atoms. The maximum Gasteiger partial charge on any atom is 0.254 e. The number of benzene rings is 2. The van der Waals surface area contributed by atoms with E-state index in [4.69, 9.17) is 14.9 Å². The third-order valence-electron chi connectivity index (χ3n) is 6.51. The number of amides is 1. The van der Waals surface area contributed by atoms with Crippen LogP contribution in [0.5, 0.6) is 0 Å². The zero-order valence-corrected chi connectivity index (χ0v) is 21.9. The highest BCUT2D eigenvalue weighted by atomic mass is 16.5. The first-order valence-corrected chi connectivity index (χ1v) is 13.1. The minimum absolute atomic E-state index is 0.131. The van der Waals surface area contributed by atoms with Gasteiger partial charge in [-0.1, -0.05) is 24.0 Å². The first-order valence-electron chi connectivity index (χ1n) is 13.1.